The van der Waals surface area contributed by atoms with Crippen molar-refractivity contribution in [2.75, 3.05) is 5.73 Å². The summed E-state index contributed by atoms with van der Waals surface area (Å²) < 4.78 is 13.3. The Morgan fingerprint density at radius 1 is 1.10 bits per heavy atom. The van der Waals surface area contributed by atoms with Crippen LogP contribution in [0.1, 0.15) is 5.69 Å². The molecule has 1 atom stereocenters. The average molecular weight is 361 g/mol. The monoisotopic (exact) mass is 360 g/mol. The molecular weight excluding hydrogens is 348 g/mol. The lowest BCUT2D eigenvalue weighted by atomic mass is 10.2. The van der Waals surface area contributed by atoms with Crippen LogP contribution in [0.4, 0.5) is 5.69 Å². The van der Waals surface area contributed by atoms with E-state index < -0.39 is 10.8 Å². The molecule has 0 fully saturated rings. The topological polar surface area (TPSA) is 56.0 Å². The maximum absolute atomic E-state index is 12.5. The molecule has 21 heavy (non-hydrogen) atoms. The van der Waals surface area contributed by atoms with Gasteiger partial charge in [0.25, 0.3) is 0 Å². The minimum atomic E-state index is -1.21. The Kier molecular flexibility index (Phi) is 4.03. The molecule has 0 aliphatic carbocycles. The number of para-hydroxylation sites is 1. The zero-order valence-electron chi connectivity index (χ0n) is 11.1. The molecule has 0 aliphatic rings. The van der Waals surface area contributed by atoms with E-state index in [2.05, 4.69) is 20.9 Å². The summed E-state index contributed by atoms with van der Waals surface area (Å²) in [6.45, 7) is 0. The van der Waals surface area contributed by atoms with Crippen molar-refractivity contribution < 1.29 is 4.21 Å². The minimum absolute atomic E-state index is 0.358. The molecule has 0 aliphatic heterocycles. The van der Waals surface area contributed by atoms with Crippen LogP contribution in [0.3, 0.4) is 0 Å². The van der Waals surface area contributed by atoms with Crippen molar-refractivity contribution in [3.8, 4) is 0 Å². The van der Waals surface area contributed by atoms with Gasteiger partial charge in [0.05, 0.1) is 32.7 Å². The lowest BCUT2D eigenvalue weighted by molar-refractivity contribution is 0.682. The van der Waals surface area contributed by atoms with E-state index in [1.165, 1.54) is 0 Å². The SMILES string of the molecule is Nc1cc(Br)ccc1S(=O)Cc1ccc2ccccc2n1. The van der Waals surface area contributed by atoms with Crippen LogP contribution in [0.15, 0.2) is 64.0 Å². The predicted octanol–water partition coefficient (Wildman–Crippen LogP) is 3.89. The fourth-order valence-corrected chi connectivity index (χ4v) is 3.63. The molecule has 1 unspecified atom stereocenters. The van der Waals surface area contributed by atoms with Crippen LogP contribution in [-0.2, 0) is 16.6 Å². The second-order valence-electron chi connectivity index (χ2n) is 4.67. The zero-order valence-corrected chi connectivity index (χ0v) is 13.5. The fourth-order valence-electron chi connectivity index (χ4n) is 2.13. The summed E-state index contributed by atoms with van der Waals surface area (Å²) in [5, 5.41) is 1.08. The van der Waals surface area contributed by atoms with Crippen LogP contribution in [0.5, 0.6) is 0 Å². The Balaban J connectivity index is 1.89. The highest BCUT2D eigenvalue weighted by molar-refractivity contribution is 9.10. The largest absolute Gasteiger partial charge is 0.398 e. The Bertz CT molecular complexity index is 835. The van der Waals surface area contributed by atoms with Crippen molar-refractivity contribution in [3.05, 3.63) is 64.8 Å². The first-order chi connectivity index (χ1) is 10.1. The third kappa shape index (κ3) is 3.14. The van der Waals surface area contributed by atoms with Gasteiger partial charge in [-0.15, -0.1) is 0 Å². The highest BCUT2D eigenvalue weighted by Gasteiger charge is 2.10. The van der Waals surface area contributed by atoms with Gasteiger partial charge in [-0.25, -0.2) is 0 Å². The summed E-state index contributed by atoms with van der Waals surface area (Å²) in [6, 6.07) is 17.2. The molecule has 3 nitrogen and oxygen atoms in total. The summed E-state index contributed by atoms with van der Waals surface area (Å²) in [7, 11) is -1.21. The van der Waals surface area contributed by atoms with Crippen LogP contribution in [0, 0.1) is 0 Å². The van der Waals surface area contributed by atoms with Crippen LogP contribution < -0.4 is 5.73 Å². The first kappa shape index (κ1) is 14.2. The van der Waals surface area contributed by atoms with Crippen molar-refractivity contribution in [2.24, 2.45) is 0 Å². The highest BCUT2D eigenvalue weighted by Crippen LogP contribution is 2.23. The number of pyridine rings is 1. The van der Waals surface area contributed by atoms with Crippen molar-refractivity contribution in [2.45, 2.75) is 10.6 Å². The van der Waals surface area contributed by atoms with Crippen LogP contribution in [-0.4, -0.2) is 9.19 Å². The summed E-state index contributed by atoms with van der Waals surface area (Å²) in [5.74, 6) is 0.358. The third-order valence-corrected chi connectivity index (χ3v) is 5.07. The molecule has 2 aromatic carbocycles. The van der Waals surface area contributed by atoms with Gasteiger partial charge in [-0.1, -0.05) is 40.2 Å². The summed E-state index contributed by atoms with van der Waals surface area (Å²) in [4.78, 5) is 5.19. The Morgan fingerprint density at radius 3 is 2.71 bits per heavy atom. The second-order valence-corrected chi connectivity index (χ2v) is 7.00. The van der Waals surface area contributed by atoms with E-state index >= 15 is 0 Å². The number of nitrogens with zero attached hydrogens (tertiary/aromatic N) is 1. The lowest BCUT2D eigenvalue weighted by Crippen LogP contribution is -2.02. The maximum atomic E-state index is 12.5. The molecule has 0 amide bonds. The van der Waals surface area contributed by atoms with Gasteiger partial charge >= 0.3 is 0 Å². The molecule has 0 bridgehead atoms. The summed E-state index contributed by atoms with van der Waals surface area (Å²) in [5.41, 5.74) is 8.17. The number of anilines is 1. The van der Waals surface area contributed by atoms with E-state index in [1.807, 2.05) is 42.5 Å². The molecule has 0 radical (unpaired) electrons. The smallest absolute Gasteiger partial charge is 0.0706 e. The van der Waals surface area contributed by atoms with E-state index in [0.29, 0.717) is 16.3 Å². The number of fused-ring (bicyclic) bond motifs is 1. The number of aromatic nitrogens is 1. The Hall–Kier alpha value is -1.72. The molecule has 106 valence electrons. The molecule has 0 saturated carbocycles. The normalized spacial score (nSPS) is 12.4. The molecule has 3 aromatic rings. The lowest BCUT2D eigenvalue weighted by Gasteiger charge is -2.07. The van der Waals surface area contributed by atoms with Crippen LogP contribution in [0.2, 0.25) is 0 Å². The molecule has 1 aromatic heterocycles. The first-order valence-corrected chi connectivity index (χ1v) is 8.53. The minimum Gasteiger partial charge on any atom is -0.398 e. The van der Waals surface area contributed by atoms with Crippen molar-refractivity contribution >= 4 is 43.3 Å². The van der Waals surface area contributed by atoms with E-state index in [9.17, 15) is 4.21 Å². The van der Waals surface area contributed by atoms with Gasteiger partial charge in [-0.2, -0.15) is 0 Å². The average Bonchev–Trinajstić information content (AvgIpc) is 2.47. The molecule has 5 heteroatoms. The summed E-state index contributed by atoms with van der Waals surface area (Å²) >= 11 is 3.35. The first-order valence-electron chi connectivity index (χ1n) is 6.41. The molecule has 2 N–H and O–H groups in total. The zero-order chi connectivity index (χ0) is 14.8. The van der Waals surface area contributed by atoms with Crippen LogP contribution in [0.25, 0.3) is 10.9 Å². The van der Waals surface area contributed by atoms with Crippen molar-refractivity contribution in [1.82, 2.24) is 4.98 Å². The van der Waals surface area contributed by atoms with Gasteiger partial charge in [-0.3, -0.25) is 9.19 Å². The van der Waals surface area contributed by atoms with Gasteiger partial charge in [0.2, 0.25) is 0 Å². The highest BCUT2D eigenvalue weighted by atomic mass is 79.9. The van der Waals surface area contributed by atoms with Gasteiger partial charge < -0.3 is 5.73 Å². The van der Waals surface area contributed by atoms with Crippen molar-refractivity contribution in [1.29, 1.82) is 0 Å². The number of benzene rings is 2. The molecule has 1 heterocycles. The molecule has 0 saturated heterocycles. The van der Waals surface area contributed by atoms with E-state index in [-0.39, 0.29) is 0 Å². The number of hydrogen-bond donors (Lipinski definition) is 1. The number of rotatable bonds is 3. The maximum Gasteiger partial charge on any atom is 0.0706 e. The Morgan fingerprint density at radius 2 is 1.90 bits per heavy atom. The summed E-state index contributed by atoms with van der Waals surface area (Å²) in [6.07, 6.45) is 0. The number of hydrogen-bond acceptors (Lipinski definition) is 3. The number of nitrogen functional groups attached to an aromatic ring is 1. The predicted molar refractivity (Wildman–Crippen MR) is 90.4 cm³/mol. The van der Waals surface area contributed by atoms with Gasteiger partial charge in [0.1, 0.15) is 0 Å². The van der Waals surface area contributed by atoms with E-state index in [0.717, 1.165) is 21.1 Å². The standard InChI is InChI=1S/C16H13BrN2OS/c17-12-6-8-16(14(18)9-12)21(20)10-13-7-5-11-3-1-2-4-15(11)19-13/h1-9H,10,18H2. The van der Waals surface area contributed by atoms with Crippen molar-refractivity contribution in [3.63, 3.8) is 0 Å². The third-order valence-electron chi connectivity index (χ3n) is 3.15. The van der Waals surface area contributed by atoms with E-state index in [1.54, 1.807) is 12.1 Å². The fraction of sp³-hybridized carbons (Fsp3) is 0.0625. The molecular formula is C16H13BrN2OS. The molecule has 3 rings (SSSR count). The number of halogens is 1. The van der Waals surface area contributed by atoms with E-state index in [4.69, 9.17) is 5.73 Å². The quantitative estimate of drug-likeness (QED) is 0.720. The Labute approximate surface area is 133 Å². The second kappa shape index (κ2) is 5.95. The van der Waals surface area contributed by atoms with Crippen LogP contribution >= 0.6 is 15.9 Å². The number of nitrogens with two attached hydrogens (primary N) is 1. The van der Waals surface area contributed by atoms with Gasteiger partial charge in [-0.05, 0) is 30.3 Å². The van der Waals surface area contributed by atoms with Gasteiger partial charge in [0.15, 0.2) is 0 Å². The molecule has 0 spiro atoms. The van der Waals surface area contributed by atoms with Gasteiger partial charge in [0, 0.05) is 15.5 Å².